The molecule has 3 N–H and O–H groups in total. The number of rotatable bonds is 2. The maximum atomic E-state index is 12.7. The van der Waals surface area contributed by atoms with E-state index in [4.69, 9.17) is 0 Å². The van der Waals surface area contributed by atoms with Gasteiger partial charge >= 0.3 is 0 Å². The maximum Gasteiger partial charge on any atom is 0.251 e. The highest BCUT2D eigenvalue weighted by molar-refractivity contribution is 5.98. The molecule has 2 bridgehead atoms. The van der Waals surface area contributed by atoms with E-state index in [1.54, 1.807) is 0 Å². The van der Waals surface area contributed by atoms with Crippen LogP contribution in [0.4, 0.5) is 0 Å². The number of H-pyrrole nitrogens is 1. The molecule has 1 aliphatic heterocycles. The zero-order valence-electron chi connectivity index (χ0n) is 12.6. The van der Waals surface area contributed by atoms with Gasteiger partial charge in [-0.3, -0.25) is 4.79 Å². The Morgan fingerprint density at radius 2 is 2.00 bits per heavy atom. The second-order valence-corrected chi connectivity index (χ2v) is 7.24. The van der Waals surface area contributed by atoms with Gasteiger partial charge in [-0.2, -0.15) is 0 Å². The average molecular weight is 295 g/mol. The molecular weight excluding hydrogens is 274 g/mol. The summed E-state index contributed by atoms with van der Waals surface area (Å²) >= 11 is 0. The van der Waals surface area contributed by atoms with Crippen LogP contribution in [-0.2, 0) is 0 Å². The Hall–Kier alpha value is -1.81. The lowest BCUT2D eigenvalue weighted by atomic mass is 9.61. The van der Waals surface area contributed by atoms with Crippen LogP contribution < -0.4 is 10.6 Å². The third-order valence-corrected chi connectivity index (χ3v) is 6.21. The van der Waals surface area contributed by atoms with Gasteiger partial charge in [0.25, 0.3) is 5.91 Å². The third kappa shape index (κ3) is 1.70. The number of fused-ring (bicyclic) bond motifs is 3. The summed E-state index contributed by atoms with van der Waals surface area (Å²) in [4.78, 5) is 15.9. The maximum absolute atomic E-state index is 12.7. The topological polar surface area (TPSA) is 66.8 Å². The summed E-state index contributed by atoms with van der Waals surface area (Å²) in [7, 11) is 0. The Bertz CT molecular complexity index is 738. The smallest absolute Gasteiger partial charge is 0.251 e. The molecule has 4 aliphatic rings. The number of carbonyl (C=O) groups excluding carboxylic acids is 1. The summed E-state index contributed by atoms with van der Waals surface area (Å²) in [6, 6.07) is 8.22. The fourth-order valence-corrected chi connectivity index (χ4v) is 4.92. The summed E-state index contributed by atoms with van der Waals surface area (Å²) in [5.41, 5.74) is 2.06. The van der Waals surface area contributed by atoms with Crippen LogP contribution in [0.2, 0.25) is 0 Å². The molecule has 0 radical (unpaired) electrons. The van der Waals surface area contributed by atoms with E-state index in [2.05, 4.69) is 15.6 Å². The van der Waals surface area contributed by atoms with Gasteiger partial charge in [0, 0.05) is 29.2 Å². The molecule has 6 rings (SSSR count). The van der Waals surface area contributed by atoms with Crippen molar-refractivity contribution in [3.05, 3.63) is 36.0 Å². The van der Waals surface area contributed by atoms with Gasteiger partial charge in [0.15, 0.2) is 0 Å². The molecule has 1 aromatic carbocycles. The number of aromatic nitrogens is 1. The van der Waals surface area contributed by atoms with Crippen molar-refractivity contribution in [1.82, 2.24) is 15.6 Å². The molecule has 3 aliphatic carbocycles. The SMILES string of the molecule is O=C(NC1C2CCC(CC2)[C@@]12CN2)c1ccc2[nH]ccc2c1. The van der Waals surface area contributed by atoms with Crippen LogP contribution in [0.15, 0.2) is 30.5 Å². The summed E-state index contributed by atoms with van der Waals surface area (Å²) in [6.07, 6.45) is 7.13. The lowest BCUT2D eigenvalue weighted by molar-refractivity contribution is 0.0634. The highest BCUT2D eigenvalue weighted by Crippen LogP contribution is 2.51. The largest absolute Gasteiger partial charge is 0.361 e. The fourth-order valence-electron chi connectivity index (χ4n) is 4.92. The van der Waals surface area contributed by atoms with E-state index >= 15 is 0 Å². The Kier molecular flexibility index (Phi) is 2.51. The van der Waals surface area contributed by atoms with Gasteiger partial charge in [-0.1, -0.05) is 0 Å². The molecule has 1 saturated heterocycles. The number of hydrogen-bond donors (Lipinski definition) is 3. The quantitative estimate of drug-likeness (QED) is 0.745. The van der Waals surface area contributed by atoms with E-state index in [-0.39, 0.29) is 11.4 Å². The van der Waals surface area contributed by atoms with Crippen molar-refractivity contribution >= 4 is 16.8 Å². The lowest BCUT2D eigenvalue weighted by Crippen LogP contribution is -2.60. The molecule has 2 heterocycles. The number of benzene rings is 1. The number of aromatic amines is 1. The van der Waals surface area contributed by atoms with Gasteiger partial charge in [-0.15, -0.1) is 0 Å². The van der Waals surface area contributed by atoms with Crippen molar-refractivity contribution in [2.75, 3.05) is 6.54 Å². The summed E-state index contributed by atoms with van der Waals surface area (Å²) in [5.74, 6) is 1.49. The zero-order valence-corrected chi connectivity index (χ0v) is 12.6. The molecule has 22 heavy (non-hydrogen) atoms. The van der Waals surface area contributed by atoms with E-state index < -0.39 is 0 Å². The lowest BCUT2D eigenvalue weighted by Gasteiger charge is -2.48. The minimum Gasteiger partial charge on any atom is -0.361 e. The fraction of sp³-hybridized carbons (Fsp3) is 0.500. The highest BCUT2D eigenvalue weighted by atomic mass is 16.1. The van der Waals surface area contributed by atoms with Gasteiger partial charge in [0.1, 0.15) is 0 Å². The van der Waals surface area contributed by atoms with Crippen LogP contribution in [0.5, 0.6) is 0 Å². The van der Waals surface area contributed by atoms with E-state index in [0.717, 1.165) is 28.9 Å². The van der Waals surface area contributed by atoms with Crippen LogP contribution in [0.3, 0.4) is 0 Å². The van der Waals surface area contributed by atoms with Crippen molar-refractivity contribution in [2.24, 2.45) is 11.8 Å². The first-order chi connectivity index (χ1) is 10.8. The van der Waals surface area contributed by atoms with Crippen LogP contribution >= 0.6 is 0 Å². The second-order valence-electron chi connectivity index (χ2n) is 7.24. The predicted octanol–water partition coefficient (Wildman–Crippen LogP) is 2.43. The predicted molar refractivity (Wildman–Crippen MR) is 85.7 cm³/mol. The Balaban J connectivity index is 1.42. The molecule has 4 nitrogen and oxygen atoms in total. The van der Waals surface area contributed by atoms with Crippen LogP contribution in [-0.4, -0.2) is 29.0 Å². The normalized spacial score (nSPS) is 35.9. The molecule has 2 atom stereocenters. The summed E-state index contributed by atoms with van der Waals surface area (Å²) in [6.45, 7) is 1.08. The van der Waals surface area contributed by atoms with E-state index in [0.29, 0.717) is 12.0 Å². The Morgan fingerprint density at radius 1 is 1.18 bits per heavy atom. The number of carbonyl (C=O) groups is 1. The first-order valence-corrected chi connectivity index (χ1v) is 8.39. The van der Waals surface area contributed by atoms with Crippen LogP contribution in [0, 0.1) is 11.8 Å². The van der Waals surface area contributed by atoms with E-state index in [1.807, 2.05) is 30.5 Å². The minimum atomic E-state index is 0.0775. The van der Waals surface area contributed by atoms with Gasteiger partial charge < -0.3 is 15.6 Å². The molecule has 2 aromatic rings. The molecule has 3 saturated carbocycles. The molecular formula is C18H21N3O. The Labute approximate surface area is 129 Å². The van der Waals surface area contributed by atoms with Crippen LogP contribution in [0.25, 0.3) is 10.9 Å². The van der Waals surface area contributed by atoms with Crippen LogP contribution in [0.1, 0.15) is 36.0 Å². The molecule has 1 spiro atoms. The van der Waals surface area contributed by atoms with Crippen molar-refractivity contribution in [3.8, 4) is 0 Å². The first-order valence-electron chi connectivity index (χ1n) is 8.39. The zero-order chi connectivity index (χ0) is 14.7. The number of nitrogens with one attached hydrogen (secondary N) is 3. The monoisotopic (exact) mass is 295 g/mol. The highest BCUT2D eigenvalue weighted by Gasteiger charge is 2.61. The van der Waals surface area contributed by atoms with E-state index in [9.17, 15) is 4.79 Å². The molecule has 4 heteroatoms. The molecule has 114 valence electrons. The number of hydrogen-bond acceptors (Lipinski definition) is 2. The molecule has 1 aromatic heterocycles. The average Bonchev–Trinajstić information content (AvgIpc) is 3.18. The molecule has 1 amide bonds. The first kappa shape index (κ1) is 12.7. The van der Waals surface area contributed by atoms with Crippen molar-refractivity contribution < 1.29 is 4.79 Å². The number of amides is 1. The third-order valence-electron chi connectivity index (χ3n) is 6.21. The van der Waals surface area contributed by atoms with Gasteiger partial charge in [-0.25, -0.2) is 0 Å². The van der Waals surface area contributed by atoms with E-state index in [1.165, 1.54) is 25.7 Å². The summed E-state index contributed by atoms with van der Waals surface area (Å²) in [5, 5.41) is 8.05. The van der Waals surface area contributed by atoms with Gasteiger partial charge in [0.2, 0.25) is 0 Å². The Morgan fingerprint density at radius 3 is 2.77 bits per heavy atom. The second kappa shape index (κ2) is 4.35. The summed E-state index contributed by atoms with van der Waals surface area (Å²) < 4.78 is 0. The van der Waals surface area contributed by atoms with Gasteiger partial charge in [0.05, 0.1) is 11.6 Å². The minimum absolute atomic E-state index is 0.0775. The molecule has 4 fully saturated rings. The van der Waals surface area contributed by atoms with Crippen molar-refractivity contribution in [1.29, 1.82) is 0 Å². The van der Waals surface area contributed by atoms with Crippen molar-refractivity contribution in [2.45, 2.75) is 37.3 Å². The standard InChI is InChI=1S/C18H21N3O/c22-17(13-3-6-15-12(9-13)7-8-19-15)21-16-11-1-4-14(5-2-11)18(16)10-20-18/h3,6-9,11,14,16,19-20H,1-2,4-5,10H2,(H,21,22)/t11?,14?,16?,18-/m0/s1. The van der Waals surface area contributed by atoms with Crippen molar-refractivity contribution in [3.63, 3.8) is 0 Å². The van der Waals surface area contributed by atoms with Gasteiger partial charge in [-0.05, 0) is 61.8 Å². The molecule has 1 unspecified atom stereocenters.